The number of rotatable bonds is 3. The van der Waals surface area contributed by atoms with Gasteiger partial charge in [0.2, 0.25) is 0 Å². The summed E-state index contributed by atoms with van der Waals surface area (Å²) in [7, 11) is 0. The van der Waals surface area contributed by atoms with E-state index in [2.05, 4.69) is 5.16 Å². The Labute approximate surface area is 133 Å². The molecule has 4 nitrogen and oxygen atoms in total. The van der Waals surface area contributed by atoms with Gasteiger partial charge in [0.25, 0.3) is 0 Å². The van der Waals surface area contributed by atoms with Crippen LogP contribution in [0.4, 0.5) is 0 Å². The molecule has 0 saturated carbocycles. The Morgan fingerprint density at radius 3 is 2.48 bits per heavy atom. The maximum absolute atomic E-state index is 12.2. The molecule has 6 heteroatoms. The van der Waals surface area contributed by atoms with Gasteiger partial charge in [-0.3, -0.25) is 0 Å². The van der Waals surface area contributed by atoms with E-state index in [4.69, 9.17) is 32.5 Å². The van der Waals surface area contributed by atoms with Crippen LogP contribution in [0.15, 0.2) is 16.7 Å². The van der Waals surface area contributed by atoms with Crippen molar-refractivity contribution in [1.29, 1.82) is 0 Å². The average Bonchev–Trinajstić information content (AvgIpc) is 2.79. The maximum Gasteiger partial charge on any atom is 0.338 e. The van der Waals surface area contributed by atoms with Crippen molar-refractivity contribution in [2.45, 2.75) is 33.8 Å². The molecule has 2 rings (SSSR count). The molecule has 0 fully saturated rings. The lowest BCUT2D eigenvalue weighted by molar-refractivity contribution is 0.0377. The summed E-state index contributed by atoms with van der Waals surface area (Å²) in [6, 6.07) is 3.25. The van der Waals surface area contributed by atoms with Crippen LogP contribution in [0.2, 0.25) is 10.0 Å². The lowest BCUT2D eigenvalue weighted by Gasteiger charge is -2.14. The first-order chi connectivity index (χ1) is 9.81. The molecule has 0 atom stereocenters. The molecule has 0 aliphatic heterocycles. The number of ether oxygens (including phenoxy) is 1. The maximum atomic E-state index is 12.2. The molecule has 1 aromatic carbocycles. The first-order valence-corrected chi connectivity index (χ1v) is 7.20. The number of carbonyl (C=O) groups is 1. The van der Waals surface area contributed by atoms with Crippen LogP contribution in [0.5, 0.6) is 0 Å². The van der Waals surface area contributed by atoms with Crippen LogP contribution >= 0.6 is 23.2 Å². The van der Waals surface area contributed by atoms with Gasteiger partial charge in [-0.15, -0.1) is 0 Å². The van der Waals surface area contributed by atoms with Crippen molar-refractivity contribution in [2.24, 2.45) is 0 Å². The van der Waals surface area contributed by atoms with E-state index in [9.17, 15) is 4.79 Å². The van der Waals surface area contributed by atoms with Crippen LogP contribution in [0.3, 0.4) is 0 Å². The second-order valence-corrected chi connectivity index (χ2v) is 5.79. The normalized spacial score (nSPS) is 11.0. The fourth-order valence-corrected chi connectivity index (χ4v) is 2.47. The van der Waals surface area contributed by atoms with Gasteiger partial charge in [-0.05, 0) is 39.3 Å². The highest BCUT2D eigenvalue weighted by Crippen LogP contribution is 2.38. The van der Waals surface area contributed by atoms with Gasteiger partial charge in [0.1, 0.15) is 0 Å². The van der Waals surface area contributed by atoms with Gasteiger partial charge in [0.15, 0.2) is 5.76 Å². The van der Waals surface area contributed by atoms with Crippen LogP contribution < -0.4 is 0 Å². The molecule has 0 bridgehead atoms. The molecule has 0 saturated heterocycles. The summed E-state index contributed by atoms with van der Waals surface area (Å²) in [5, 5.41) is 4.43. The number of carbonyl (C=O) groups excluding carboxylic acids is 1. The first-order valence-electron chi connectivity index (χ1n) is 6.44. The Balaban J connectivity index is 2.60. The zero-order valence-corrected chi connectivity index (χ0v) is 13.7. The number of hydrogen-bond donors (Lipinski definition) is 0. The number of aromatic nitrogens is 1. The highest BCUT2D eigenvalue weighted by atomic mass is 35.5. The second-order valence-electron chi connectivity index (χ2n) is 5.01. The highest BCUT2D eigenvalue weighted by Gasteiger charge is 2.22. The summed E-state index contributed by atoms with van der Waals surface area (Å²) in [5.41, 5.74) is 2.28. The minimum atomic E-state index is -0.446. The smallest absolute Gasteiger partial charge is 0.338 e. The quantitative estimate of drug-likeness (QED) is 0.757. The van der Waals surface area contributed by atoms with Crippen molar-refractivity contribution in [2.75, 3.05) is 0 Å². The molecule has 0 aliphatic rings. The monoisotopic (exact) mass is 327 g/mol. The fourth-order valence-electron chi connectivity index (χ4n) is 1.98. The zero-order valence-electron chi connectivity index (χ0n) is 12.2. The van der Waals surface area contributed by atoms with Gasteiger partial charge < -0.3 is 9.26 Å². The molecule has 1 aromatic heterocycles. The predicted octanol–water partition coefficient (Wildman–Crippen LogP) is 4.83. The van der Waals surface area contributed by atoms with Crippen molar-refractivity contribution in [3.8, 4) is 11.3 Å². The minimum absolute atomic E-state index is 0.220. The Bertz CT molecular complexity index is 692. The molecule has 112 valence electrons. The van der Waals surface area contributed by atoms with E-state index in [1.807, 2.05) is 0 Å². The largest absolute Gasteiger partial charge is 0.459 e. The van der Waals surface area contributed by atoms with Crippen molar-refractivity contribution in [1.82, 2.24) is 5.16 Å². The van der Waals surface area contributed by atoms with Crippen LogP contribution in [0.25, 0.3) is 11.3 Å². The van der Waals surface area contributed by atoms with Gasteiger partial charge in [0.05, 0.1) is 27.4 Å². The Hall–Kier alpha value is -1.52. The molecule has 0 amide bonds. The lowest BCUT2D eigenvalue weighted by atomic mass is 10.00. The van der Waals surface area contributed by atoms with Crippen LogP contribution in [0.1, 0.15) is 35.5 Å². The number of hydrogen-bond acceptors (Lipinski definition) is 4. The number of aryl methyl sites for hydroxylation is 1. The van der Waals surface area contributed by atoms with Gasteiger partial charge in [-0.1, -0.05) is 28.4 Å². The topological polar surface area (TPSA) is 52.3 Å². The molecule has 0 aliphatic carbocycles. The Morgan fingerprint density at radius 2 is 1.95 bits per heavy atom. The number of halogens is 2. The lowest BCUT2D eigenvalue weighted by Crippen LogP contribution is -2.13. The minimum Gasteiger partial charge on any atom is -0.459 e. The summed E-state index contributed by atoms with van der Waals surface area (Å²) in [6.07, 6.45) is -0.220. The summed E-state index contributed by atoms with van der Waals surface area (Å²) < 4.78 is 10.5. The summed E-state index contributed by atoms with van der Waals surface area (Å²) in [4.78, 5) is 12.2. The molecular weight excluding hydrogens is 313 g/mol. The van der Waals surface area contributed by atoms with E-state index in [0.29, 0.717) is 33.2 Å². The third-order valence-corrected chi connectivity index (χ3v) is 3.70. The SMILES string of the molecule is Cc1cc(-c2c(C)c(C(=O)OC(C)C)cc(Cl)c2Cl)on1. The molecule has 2 aromatic rings. The molecule has 0 radical (unpaired) electrons. The third kappa shape index (κ3) is 3.22. The Morgan fingerprint density at radius 1 is 1.29 bits per heavy atom. The van der Waals surface area contributed by atoms with E-state index < -0.39 is 5.97 Å². The summed E-state index contributed by atoms with van der Waals surface area (Å²) in [5.74, 6) is 0.0228. The van der Waals surface area contributed by atoms with E-state index >= 15 is 0 Å². The third-order valence-electron chi connectivity index (χ3n) is 2.92. The van der Waals surface area contributed by atoms with Gasteiger partial charge in [-0.25, -0.2) is 4.79 Å². The standard InChI is InChI=1S/C15H15Cl2NO3/c1-7(2)20-15(19)10-6-11(16)14(17)13(9(10)4)12-5-8(3)18-21-12/h5-7H,1-4H3. The molecular formula is C15H15Cl2NO3. The van der Waals surface area contributed by atoms with Gasteiger partial charge >= 0.3 is 5.97 Å². The van der Waals surface area contributed by atoms with Crippen molar-refractivity contribution < 1.29 is 14.1 Å². The second kappa shape index (κ2) is 6.08. The average molecular weight is 328 g/mol. The van der Waals surface area contributed by atoms with E-state index in [1.165, 1.54) is 6.07 Å². The number of nitrogens with zero attached hydrogens (tertiary/aromatic N) is 1. The van der Waals surface area contributed by atoms with E-state index in [1.54, 1.807) is 33.8 Å². The summed E-state index contributed by atoms with van der Waals surface area (Å²) >= 11 is 12.4. The molecule has 21 heavy (non-hydrogen) atoms. The van der Waals surface area contributed by atoms with Crippen LogP contribution in [-0.4, -0.2) is 17.2 Å². The van der Waals surface area contributed by atoms with E-state index in [-0.39, 0.29) is 11.1 Å². The molecule has 1 heterocycles. The first kappa shape index (κ1) is 15.9. The van der Waals surface area contributed by atoms with Crippen molar-refractivity contribution in [3.05, 3.63) is 39.0 Å². The van der Waals surface area contributed by atoms with Crippen molar-refractivity contribution >= 4 is 29.2 Å². The molecule has 0 unspecified atom stereocenters. The van der Waals surface area contributed by atoms with Gasteiger partial charge in [-0.2, -0.15) is 0 Å². The molecule has 0 spiro atoms. The highest BCUT2D eigenvalue weighted by molar-refractivity contribution is 6.44. The van der Waals surface area contributed by atoms with Crippen LogP contribution in [-0.2, 0) is 4.74 Å². The van der Waals surface area contributed by atoms with Crippen molar-refractivity contribution in [3.63, 3.8) is 0 Å². The van der Waals surface area contributed by atoms with Crippen LogP contribution in [0, 0.1) is 13.8 Å². The zero-order chi connectivity index (χ0) is 15.7. The van der Waals surface area contributed by atoms with Gasteiger partial charge in [0, 0.05) is 11.6 Å². The fraction of sp³-hybridized carbons (Fsp3) is 0.333. The number of benzene rings is 1. The molecule has 0 N–H and O–H groups in total. The Kier molecular flexibility index (Phi) is 4.59. The number of esters is 1. The predicted molar refractivity (Wildman–Crippen MR) is 82.0 cm³/mol. The van der Waals surface area contributed by atoms with E-state index in [0.717, 1.165) is 0 Å². The summed E-state index contributed by atoms with van der Waals surface area (Å²) in [6.45, 7) is 7.14.